The molecule has 0 aliphatic carbocycles. The molecule has 0 saturated carbocycles. The van der Waals surface area contributed by atoms with Crippen LogP contribution in [-0.2, 0) is 11.3 Å². The van der Waals surface area contributed by atoms with Crippen LogP contribution in [0.4, 0.5) is 0 Å². The van der Waals surface area contributed by atoms with E-state index in [4.69, 9.17) is 21.1 Å². The number of carbonyl (C=O) groups is 1. The fourth-order valence-corrected chi connectivity index (χ4v) is 2.49. The van der Waals surface area contributed by atoms with E-state index >= 15 is 0 Å². The molecule has 1 aromatic carbocycles. The summed E-state index contributed by atoms with van der Waals surface area (Å²) in [6, 6.07) is 6.96. The van der Waals surface area contributed by atoms with Crippen LogP contribution in [0.2, 0.25) is 5.15 Å². The molecule has 0 unspecified atom stereocenters. The number of hydrogen-bond acceptors (Lipinski definition) is 5. The fraction of sp³-hybridized carbons (Fsp3) is 0.389. The molecule has 0 saturated heterocycles. The SMILES string of the molecule is COc1ccc(OCC(=O)N/N=C\c2c(C)nn(CC(C)C)c2Cl)cc1. The maximum absolute atomic E-state index is 11.8. The minimum absolute atomic E-state index is 0.150. The van der Waals surface area contributed by atoms with E-state index in [-0.39, 0.29) is 12.5 Å². The Morgan fingerprint density at radius 2 is 2.00 bits per heavy atom. The van der Waals surface area contributed by atoms with Crippen LogP contribution in [0.15, 0.2) is 29.4 Å². The highest BCUT2D eigenvalue weighted by Crippen LogP contribution is 2.19. The highest BCUT2D eigenvalue weighted by molar-refractivity contribution is 6.32. The number of nitrogens with one attached hydrogen (secondary N) is 1. The molecule has 1 aromatic heterocycles. The molecule has 2 aromatic rings. The molecular weight excluding hydrogens is 356 g/mol. The van der Waals surface area contributed by atoms with Crippen molar-refractivity contribution >= 4 is 23.7 Å². The number of aryl methyl sites for hydroxylation is 1. The molecule has 26 heavy (non-hydrogen) atoms. The van der Waals surface area contributed by atoms with Gasteiger partial charge in [0.25, 0.3) is 5.91 Å². The number of hydrazone groups is 1. The molecule has 0 aliphatic heterocycles. The van der Waals surface area contributed by atoms with Crippen molar-refractivity contribution in [1.29, 1.82) is 0 Å². The quantitative estimate of drug-likeness (QED) is 0.565. The van der Waals surface area contributed by atoms with Gasteiger partial charge in [0.1, 0.15) is 16.7 Å². The zero-order valence-corrected chi connectivity index (χ0v) is 16.1. The number of nitrogens with zero attached hydrogens (tertiary/aromatic N) is 3. The summed E-state index contributed by atoms with van der Waals surface area (Å²) in [7, 11) is 1.59. The summed E-state index contributed by atoms with van der Waals surface area (Å²) in [4.78, 5) is 11.8. The molecule has 0 radical (unpaired) electrons. The summed E-state index contributed by atoms with van der Waals surface area (Å²) in [6.45, 7) is 6.59. The summed E-state index contributed by atoms with van der Waals surface area (Å²) in [5, 5.41) is 8.82. The van der Waals surface area contributed by atoms with Crippen LogP contribution in [0.1, 0.15) is 25.1 Å². The Bertz CT molecular complexity index is 769. The number of ether oxygens (including phenoxy) is 2. The van der Waals surface area contributed by atoms with Gasteiger partial charge in [-0.15, -0.1) is 0 Å². The van der Waals surface area contributed by atoms with Gasteiger partial charge in [-0.3, -0.25) is 9.48 Å². The van der Waals surface area contributed by atoms with Crippen molar-refractivity contribution in [3.05, 3.63) is 40.7 Å². The zero-order valence-electron chi connectivity index (χ0n) is 15.3. The van der Waals surface area contributed by atoms with Crippen LogP contribution < -0.4 is 14.9 Å². The van der Waals surface area contributed by atoms with Crippen molar-refractivity contribution in [2.24, 2.45) is 11.0 Å². The minimum Gasteiger partial charge on any atom is -0.497 e. The molecule has 7 nitrogen and oxygen atoms in total. The predicted molar refractivity (Wildman–Crippen MR) is 101 cm³/mol. The van der Waals surface area contributed by atoms with Crippen LogP contribution in [0, 0.1) is 12.8 Å². The van der Waals surface area contributed by atoms with Gasteiger partial charge in [0.2, 0.25) is 0 Å². The second-order valence-corrected chi connectivity index (χ2v) is 6.48. The standard InChI is InChI=1S/C18H23ClN4O3/c1-12(2)10-23-18(19)16(13(3)22-23)9-20-21-17(24)11-26-15-7-5-14(25-4)6-8-15/h5-9,12H,10-11H2,1-4H3,(H,21,24)/b20-9-. The Kier molecular flexibility index (Phi) is 7.03. The maximum Gasteiger partial charge on any atom is 0.277 e. The molecule has 0 atom stereocenters. The van der Waals surface area contributed by atoms with E-state index in [0.717, 1.165) is 18.0 Å². The Balaban J connectivity index is 1.87. The van der Waals surface area contributed by atoms with Gasteiger partial charge >= 0.3 is 0 Å². The van der Waals surface area contributed by atoms with Crippen molar-refractivity contribution in [2.45, 2.75) is 27.3 Å². The van der Waals surface area contributed by atoms with Gasteiger partial charge in [-0.05, 0) is 37.1 Å². The first-order valence-electron chi connectivity index (χ1n) is 8.22. The Hall–Kier alpha value is -2.54. The highest BCUT2D eigenvalue weighted by Gasteiger charge is 2.12. The molecule has 1 heterocycles. The van der Waals surface area contributed by atoms with Crippen LogP contribution in [-0.4, -0.2) is 35.6 Å². The molecule has 0 spiro atoms. The summed E-state index contributed by atoms with van der Waals surface area (Å²) >= 11 is 6.32. The number of halogens is 1. The average molecular weight is 379 g/mol. The summed E-state index contributed by atoms with van der Waals surface area (Å²) < 4.78 is 12.2. The number of benzene rings is 1. The molecule has 0 aliphatic rings. The highest BCUT2D eigenvalue weighted by atomic mass is 35.5. The maximum atomic E-state index is 11.8. The third-order valence-electron chi connectivity index (χ3n) is 3.46. The number of hydrogen-bond donors (Lipinski definition) is 1. The largest absolute Gasteiger partial charge is 0.497 e. The Morgan fingerprint density at radius 1 is 1.35 bits per heavy atom. The summed E-state index contributed by atoms with van der Waals surface area (Å²) in [5.41, 5.74) is 3.85. The molecule has 1 N–H and O–H groups in total. The second kappa shape index (κ2) is 9.24. The van der Waals surface area contributed by atoms with E-state index in [9.17, 15) is 4.79 Å². The lowest BCUT2D eigenvalue weighted by Crippen LogP contribution is -2.24. The monoisotopic (exact) mass is 378 g/mol. The summed E-state index contributed by atoms with van der Waals surface area (Å²) in [5.74, 6) is 1.34. The average Bonchev–Trinajstić information content (AvgIpc) is 2.87. The van der Waals surface area contributed by atoms with Crippen molar-refractivity contribution in [1.82, 2.24) is 15.2 Å². The first-order chi connectivity index (χ1) is 12.4. The second-order valence-electron chi connectivity index (χ2n) is 6.12. The van der Waals surface area contributed by atoms with Crippen molar-refractivity contribution in [3.8, 4) is 11.5 Å². The molecule has 2 rings (SSSR count). The minimum atomic E-state index is -0.375. The van der Waals surface area contributed by atoms with Crippen LogP contribution >= 0.6 is 11.6 Å². The molecule has 0 bridgehead atoms. The number of carbonyl (C=O) groups excluding carboxylic acids is 1. The number of aromatic nitrogens is 2. The summed E-state index contributed by atoms with van der Waals surface area (Å²) in [6.07, 6.45) is 1.49. The van der Waals surface area contributed by atoms with Crippen LogP contribution in [0.3, 0.4) is 0 Å². The van der Waals surface area contributed by atoms with E-state index in [2.05, 4.69) is 29.5 Å². The van der Waals surface area contributed by atoms with Gasteiger partial charge in [0, 0.05) is 6.54 Å². The van der Waals surface area contributed by atoms with Gasteiger partial charge < -0.3 is 9.47 Å². The normalized spacial score (nSPS) is 11.2. The third kappa shape index (κ3) is 5.49. The first kappa shape index (κ1) is 19.8. The lowest BCUT2D eigenvalue weighted by Gasteiger charge is -2.06. The number of amides is 1. The number of rotatable bonds is 8. The van der Waals surface area contributed by atoms with Crippen molar-refractivity contribution in [3.63, 3.8) is 0 Å². The molecule has 0 fully saturated rings. The third-order valence-corrected chi connectivity index (χ3v) is 3.86. The predicted octanol–water partition coefficient (Wildman–Crippen LogP) is 3.04. The Morgan fingerprint density at radius 3 is 2.62 bits per heavy atom. The topological polar surface area (TPSA) is 77.7 Å². The van der Waals surface area contributed by atoms with Gasteiger partial charge in [0.15, 0.2) is 6.61 Å². The van der Waals surface area contributed by atoms with Gasteiger partial charge in [-0.25, -0.2) is 5.43 Å². The first-order valence-corrected chi connectivity index (χ1v) is 8.60. The molecular formula is C18H23ClN4O3. The molecule has 1 amide bonds. The Labute approximate surface area is 157 Å². The van der Waals surface area contributed by atoms with E-state index in [1.165, 1.54) is 6.21 Å². The van der Waals surface area contributed by atoms with E-state index in [1.807, 2.05) is 6.92 Å². The van der Waals surface area contributed by atoms with Gasteiger partial charge in [-0.1, -0.05) is 25.4 Å². The zero-order chi connectivity index (χ0) is 19.1. The van der Waals surface area contributed by atoms with Crippen molar-refractivity contribution < 1.29 is 14.3 Å². The van der Waals surface area contributed by atoms with E-state index in [0.29, 0.717) is 22.4 Å². The van der Waals surface area contributed by atoms with Crippen molar-refractivity contribution in [2.75, 3.05) is 13.7 Å². The molecule has 140 valence electrons. The fourth-order valence-electron chi connectivity index (χ4n) is 2.20. The van der Waals surface area contributed by atoms with Gasteiger partial charge in [0.05, 0.1) is 24.6 Å². The lowest BCUT2D eigenvalue weighted by atomic mass is 10.2. The van der Waals surface area contributed by atoms with E-state index < -0.39 is 0 Å². The molecule has 8 heteroatoms. The number of methoxy groups -OCH3 is 1. The smallest absolute Gasteiger partial charge is 0.277 e. The van der Waals surface area contributed by atoms with E-state index in [1.54, 1.807) is 36.1 Å². The lowest BCUT2D eigenvalue weighted by molar-refractivity contribution is -0.123. The van der Waals surface area contributed by atoms with Crippen LogP contribution in [0.25, 0.3) is 0 Å². The van der Waals surface area contributed by atoms with Crippen LogP contribution in [0.5, 0.6) is 11.5 Å². The van der Waals surface area contributed by atoms with Gasteiger partial charge in [-0.2, -0.15) is 10.2 Å².